The van der Waals surface area contributed by atoms with Crippen LogP contribution in [0.2, 0.25) is 0 Å². The molecule has 0 aliphatic carbocycles. The van der Waals surface area contributed by atoms with E-state index in [4.69, 9.17) is 4.74 Å². The van der Waals surface area contributed by atoms with Crippen LogP contribution in [0.4, 0.5) is 4.79 Å². The molecule has 1 amide bonds. The summed E-state index contributed by atoms with van der Waals surface area (Å²) in [5.41, 5.74) is -0.0534. The second-order valence-electron chi connectivity index (χ2n) is 6.40. The molecule has 5 nitrogen and oxygen atoms in total. The molecule has 2 N–H and O–H groups in total. The Labute approximate surface area is 120 Å². The summed E-state index contributed by atoms with van der Waals surface area (Å²) >= 11 is 0. The van der Waals surface area contributed by atoms with E-state index < -0.39 is 17.3 Å². The number of rotatable bonds is 3. The Balaban J connectivity index is 2.69. The summed E-state index contributed by atoms with van der Waals surface area (Å²) in [4.78, 5) is 15.9. The molecule has 0 spiro atoms. The van der Waals surface area contributed by atoms with Crippen molar-refractivity contribution in [3.63, 3.8) is 0 Å². The highest BCUT2D eigenvalue weighted by molar-refractivity contribution is 5.68. The number of nitrogens with one attached hydrogen (secondary N) is 1. The Morgan fingerprint density at radius 1 is 1.30 bits per heavy atom. The minimum atomic E-state index is -0.972. The molecule has 1 heterocycles. The van der Waals surface area contributed by atoms with Crippen molar-refractivity contribution in [3.8, 4) is 0 Å². The molecule has 0 fully saturated rings. The second-order valence-corrected chi connectivity index (χ2v) is 6.40. The zero-order valence-electron chi connectivity index (χ0n) is 13.0. The predicted molar refractivity (Wildman–Crippen MR) is 77.3 cm³/mol. The maximum Gasteiger partial charge on any atom is 0.408 e. The van der Waals surface area contributed by atoms with Gasteiger partial charge in [-0.2, -0.15) is 0 Å². The Morgan fingerprint density at radius 2 is 1.90 bits per heavy atom. The Morgan fingerprint density at radius 3 is 2.30 bits per heavy atom. The zero-order chi connectivity index (χ0) is 15.6. The fourth-order valence-corrected chi connectivity index (χ4v) is 1.59. The number of aromatic nitrogens is 1. The zero-order valence-corrected chi connectivity index (χ0v) is 13.0. The molecular formula is C15H24N2O3. The summed E-state index contributed by atoms with van der Waals surface area (Å²) in [5, 5.41) is 12.6. The van der Waals surface area contributed by atoms with Crippen LogP contribution < -0.4 is 5.32 Å². The first-order valence-electron chi connectivity index (χ1n) is 6.67. The summed E-state index contributed by atoms with van der Waals surface area (Å²) in [6.45, 7) is 10.7. The van der Waals surface area contributed by atoms with E-state index in [2.05, 4.69) is 10.3 Å². The second kappa shape index (κ2) is 5.79. The van der Waals surface area contributed by atoms with E-state index in [0.29, 0.717) is 5.69 Å². The number of amides is 1. The highest BCUT2D eigenvalue weighted by atomic mass is 16.6. The first kappa shape index (κ1) is 16.4. The van der Waals surface area contributed by atoms with Crippen molar-refractivity contribution in [2.75, 3.05) is 0 Å². The number of hydrogen-bond acceptors (Lipinski definition) is 4. The van der Waals surface area contributed by atoms with Gasteiger partial charge >= 0.3 is 6.09 Å². The van der Waals surface area contributed by atoms with Crippen molar-refractivity contribution in [2.24, 2.45) is 0 Å². The van der Waals surface area contributed by atoms with E-state index in [1.54, 1.807) is 26.1 Å². The van der Waals surface area contributed by atoms with Crippen molar-refractivity contribution in [1.29, 1.82) is 0 Å². The molecule has 112 valence electrons. The first-order valence-corrected chi connectivity index (χ1v) is 6.67. The number of ether oxygens (including phenoxy) is 1. The SMILES string of the molecule is CC(NC(=O)OC(C)(C)C)c1ccc(C(C)(C)O)nc1. The number of carbonyl (C=O) groups excluding carboxylic acids is 1. The molecule has 0 saturated heterocycles. The van der Waals surface area contributed by atoms with E-state index in [0.717, 1.165) is 5.56 Å². The van der Waals surface area contributed by atoms with Gasteiger partial charge in [0.05, 0.1) is 11.7 Å². The molecule has 1 aromatic rings. The van der Waals surface area contributed by atoms with Crippen LogP contribution in [0.3, 0.4) is 0 Å². The molecule has 1 aromatic heterocycles. The van der Waals surface area contributed by atoms with E-state index in [1.165, 1.54) is 0 Å². The molecule has 20 heavy (non-hydrogen) atoms. The molecule has 0 aliphatic rings. The van der Waals surface area contributed by atoms with Gasteiger partial charge in [0, 0.05) is 6.20 Å². The highest BCUT2D eigenvalue weighted by Gasteiger charge is 2.20. The van der Waals surface area contributed by atoms with Gasteiger partial charge in [0.1, 0.15) is 11.2 Å². The van der Waals surface area contributed by atoms with Gasteiger partial charge in [-0.05, 0) is 53.2 Å². The molecule has 5 heteroatoms. The van der Waals surface area contributed by atoms with Crippen LogP contribution in [-0.2, 0) is 10.3 Å². The number of pyridine rings is 1. The monoisotopic (exact) mass is 280 g/mol. The van der Waals surface area contributed by atoms with Crippen molar-refractivity contribution >= 4 is 6.09 Å². The van der Waals surface area contributed by atoms with Gasteiger partial charge < -0.3 is 15.2 Å². The van der Waals surface area contributed by atoms with Crippen molar-refractivity contribution in [1.82, 2.24) is 10.3 Å². The number of hydrogen-bond donors (Lipinski definition) is 2. The van der Waals surface area contributed by atoms with Gasteiger partial charge in [-0.15, -0.1) is 0 Å². The third kappa shape index (κ3) is 5.17. The van der Waals surface area contributed by atoms with Crippen LogP contribution in [0.15, 0.2) is 18.3 Å². The van der Waals surface area contributed by atoms with Gasteiger partial charge in [-0.3, -0.25) is 4.98 Å². The van der Waals surface area contributed by atoms with E-state index in [-0.39, 0.29) is 6.04 Å². The van der Waals surface area contributed by atoms with Crippen molar-refractivity contribution in [3.05, 3.63) is 29.6 Å². The Kier molecular flexibility index (Phi) is 4.76. The van der Waals surface area contributed by atoms with Gasteiger partial charge in [-0.25, -0.2) is 4.79 Å². The maximum absolute atomic E-state index is 11.7. The summed E-state index contributed by atoms with van der Waals surface area (Å²) in [6, 6.07) is 3.37. The molecule has 0 radical (unpaired) electrons. The lowest BCUT2D eigenvalue weighted by Crippen LogP contribution is -2.34. The quantitative estimate of drug-likeness (QED) is 0.893. The van der Waals surface area contributed by atoms with Gasteiger partial charge in [0.2, 0.25) is 0 Å². The first-order chi connectivity index (χ1) is 8.99. The summed E-state index contributed by atoms with van der Waals surface area (Å²) in [6.07, 6.45) is 1.19. The molecular weight excluding hydrogens is 256 g/mol. The lowest BCUT2D eigenvalue weighted by Gasteiger charge is -2.22. The number of alkyl carbamates (subject to hydrolysis) is 1. The summed E-state index contributed by atoms with van der Waals surface area (Å²) < 4.78 is 5.20. The van der Waals surface area contributed by atoms with Gasteiger partial charge in [0.25, 0.3) is 0 Å². The average molecular weight is 280 g/mol. The van der Waals surface area contributed by atoms with E-state index in [9.17, 15) is 9.90 Å². The number of aliphatic hydroxyl groups is 1. The van der Waals surface area contributed by atoms with Crippen molar-refractivity contribution < 1.29 is 14.6 Å². The van der Waals surface area contributed by atoms with Crippen LogP contribution in [0, 0.1) is 0 Å². The standard InChI is InChI=1S/C15H24N2O3/c1-10(17-13(18)20-14(2,3)4)11-7-8-12(16-9-11)15(5,6)19/h7-10,19H,1-6H3,(H,17,18). The number of nitrogens with zero attached hydrogens (tertiary/aromatic N) is 1. The molecule has 1 unspecified atom stereocenters. The van der Waals surface area contributed by atoms with Gasteiger partial charge in [-0.1, -0.05) is 6.07 Å². The molecule has 0 aromatic carbocycles. The molecule has 0 saturated carbocycles. The van der Waals surface area contributed by atoms with Crippen LogP contribution in [0.5, 0.6) is 0 Å². The third-order valence-corrected chi connectivity index (χ3v) is 2.65. The van der Waals surface area contributed by atoms with Crippen molar-refractivity contribution in [2.45, 2.75) is 58.8 Å². The maximum atomic E-state index is 11.7. The molecule has 1 atom stereocenters. The fourth-order valence-electron chi connectivity index (χ4n) is 1.59. The predicted octanol–water partition coefficient (Wildman–Crippen LogP) is 2.89. The Bertz CT molecular complexity index is 455. The van der Waals surface area contributed by atoms with Gasteiger partial charge in [0.15, 0.2) is 0 Å². The third-order valence-electron chi connectivity index (χ3n) is 2.65. The van der Waals surface area contributed by atoms with Crippen LogP contribution in [0.25, 0.3) is 0 Å². The minimum absolute atomic E-state index is 0.215. The van der Waals surface area contributed by atoms with Crippen LogP contribution >= 0.6 is 0 Å². The molecule has 1 rings (SSSR count). The molecule has 0 aliphatic heterocycles. The van der Waals surface area contributed by atoms with E-state index in [1.807, 2.05) is 33.8 Å². The highest BCUT2D eigenvalue weighted by Crippen LogP contribution is 2.19. The average Bonchev–Trinajstić information content (AvgIpc) is 2.25. The summed E-state index contributed by atoms with van der Waals surface area (Å²) in [5.74, 6) is 0. The Hall–Kier alpha value is -1.62. The number of carbonyl (C=O) groups is 1. The largest absolute Gasteiger partial charge is 0.444 e. The lowest BCUT2D eigenvalue weighted by molar-refractivity contribution is 0.0507. The lowest BCUT2D eigenvalue weighted by atomic mass is 10.0. The topological polar surface area (TPSA) is 71.5 Å². The normalized spacial score (nSPS) is 13.8. The fraction of sp³-hybridized carbons (Fsp3) is 0.600. The van der Waals surface area contributed by atoms with Crippen LogP contribution in [0.1, 0.15) is 58.8 Å². The smallest absolute Gasteiger partial charge is 0.408 e. The molecule has 0 bridgehead atoms. The minimum Gasteiger partial charge on any atom is -0.444 e. The van der Waals surface area contributed by atoms with Crippen LogP contribution in [-0.4, -0.2) is 21.8 Å². The summed E-state index contributed by atoms with van der Waals surface area (Å²) in [7, 11) is 0. The van der Waals surface area contributed by atoms with E-state index >= 15 is 0 Å².